The zero-order chi connectivity index (χ0) is 14.1. The number of ketones is 1. The molecule has 3 rings (SSSR count). The van der Waals surface area contributed by atoms with Crippen LogP contribution in [-0.2, 0) is 0 Å². The molecule has 0 aliphatic carbocycles. The summed E-state index contributed by atoms with van der Waals surface area (Å²) < 4.78 is 0. The van der Waals surface area contributed by atoms with Gasteiger partial charge in [-0.2, -0.15) is 0 Å². The number of carbonyl (C=O) groups excluding carboxylic acids is 1. The Bertz CT molecular complexity index is 806. The summed E-state index contributed by atoms with van der Waals surface area (Å²) in [7, 11) is 0. The molecule has 0 amide bonds. The number of carbonyl (C=O) groups is 1. The van der Waals surface area contributed by atoms with E-state index in [1.54, 1.807) is 12.3 Å². The predicted molar refractivity (Wildman–Crippen MR) is 82.2 cm³/mol. The SMILES string of the molecule is CC(=O)c1ccc(-c2cccc3ncccc23)cc1Cl. The Balaban J connectivity index is 2.21. The minimum Gasteiger partial charge on any atom is -0.294 e. The maximum atomic E-state index is 11.4. The fourth-order valence-electron chi connectivity index (χ4n) is 2.32. The highest BCUT2D eigenvalue weighted by Crippen LogP contribution is 2.30. The lowest BCUT2D eigenvalue weighted by molar-refractivity contribution is 0.101. The molecule has 0 aliphatic rings. The predicted octanol–water partition coefficient (Wildman–Crippen LogP) is 4.76. The van der Waals surface area contributed by atoms with Gasteiger partial charge in [-0.1, -0.05) is 35.9 Å². The summed E-state index contributed by atoms with van der Waals surface area (Å²) in [5.74, 6) is -0.0267. The molecule has 3 heteroatoms. The van der Waals surface area contributed by atoms with Crippen molar-refractivity contribution in [1.29, 1.82) is 0 Å². The van der Waals surface area contributed by atoms with Gasteiger partial charge in [0.15, 0.2) is 5.78 Å². The third kappa shape index (κ3) is 2.19. The zero-order valence-electron chi connectivity index (χ0n) is 10.9. The van der Waals surface area contributed by atoms with Gasteiger partial charge >= 0.3 is 0 Å². The topological polar surface area (TPSA) is 30.0 Å². The summed E-state index contributed by atoms with van der Waals surface area (Å²) in [6.07, 6.45) is 1.78. The standard InChI is InChI=1S/C17H12ClNO/c1-11(20)13-8-7-12(10-16(13)18)14-4-2-6-17-15(14)5-3-9-19-17/h2-10H,1H3. The number of hydrogen-bond donors (Lipinski definition) is 0. The molecule has 0 aliphatic heterocycles. The molecule has 0 unspecified atom stereocenters. The maximum Gasteiger partial charge on any atom is 0.161 e. The van der Waals surface area contributed by atoms with Gasteiger partial charge in [0.1, 0.15) is 0 Å². The van der Waals surface area contributed by atoms with Crippen LogP contribution in [0.3, 0.4) is 0 Å². The molecule has 0 saturated carbocycles. The monoisotopic (exact) mass is 281 g/mol. The molecule has 1 heterocycles. The van der Waals surface area contributed by atoms with Crippen LogP contribution in [0.4, 0.5) is 0 Å². The molecule has 20 heavy (non-hydrogen) atoms. The highest BCUT2D eigenvalue weighted by atomic mass is 35.5. The van der Waals surface area contributed by atoms with Crippen LogP contribution in [0.25, 0.3) is 22.0 Å². The Labute approximate surface area is 122 Å². The van der Waals surface area contributed by atoms with Gasteiger partial charge in [-0.05, 0) is 42.3 Å². The average molecular weight is 282 g/mol. The Morgan fingerprint density at radius 1 is 1.10 bits per heavy atom. The molecule has 0 bridgehead atoms. The molecule has 0 saturated heterocycles. The molecule has 3 aromatic rings. The number of aromatic nitrogens is 1. The van der Waals surface area contributed by atoms with Gasteiger partial charge in [0.05, 0.1) is 10.5 Å². The molecule has 0 spiro atoms. The summed E-state index contributed by atoms with van der Waals surface area (Å²) >= 11 is 6.19. The molecule has 0 atom stereocenters. The van der Waals surface area contributed by atoms with E-state index in [1.807, 2.05) is 42.5 Å². The smallest absolute Gasteiger partial charge is 0.161 e. The first-order valence-corrected chi connectivity index (χ1v) is 6.69. The number of Topliss-reactive ketones (excluding diaryl/α,β-unsaturated/α-hetero) is 1. The van der Waals surface area contributed by atoms with E-state index in [0.29, 0.717) is 10.6 Å². The van der Waals surface area contributed by atoms with Crippen molar-refractivity contribution in [3.63, 3.8) is 0 Å². The van der Waals surface area contributed by atoms with Crippen molar-refractivity contribution in [3.8, 4) is 11.1 Å². The number of pyridine rings is 1. The van der Waals surface area contributed by atoms with E-state index in [-0.39, 0.29) is 5.78 Å². The van der Waals surface area contributed by atoms with E-state index in [1.165, 1.54) is 6.92 Å². The molecule has 98 valence electrons. The number of hydrogen-bond acceptors (Lipinski definition) is 2. The van der Waals surface area contributed by atoms with Gasteiger partial charge in [-0.15, -0.1) is 0 Å². The number of halogens is 1. The van der Waals surface area contributed by atoms with Crippen molar-refractivity contribution in [2.45, 2.75) is 6.92 Å². The third-order valence-electron chi connectivity index (χ3n) is 3.31. The summed E-state index contributed by atoms with van der Waals surface area (Å²) in [5.41, 5.74) is 3.54. The first-order valence-electron chi connectivity index (χ1n) is 6.31. The van der Waals surface area contributed by atoms with Crippen LogP contribution in [0.15, 0.2) is 54.7 Å². The molecule has 2 nitrogen and oxygen atoms in total. The minimum absolute atomic E-state index is 0.0267. The lowest BCUT2D eigenvalue weighted by atomic mass is 9.99. The Kier molecular flexibility index (Phi) is 3.25. The largest absolute Gasteiger partial charge is 0.294 e. The second kappa shape index (κ2) is 5.06. The third-order valence-corrected chi connectivity index (χ3v) is 3.62. The molecular weight excluding hydrogens is 270 g/mol. The Morgan fingerprint density at radius 2 is 1.95 bits per heavy atom. The van der Waals surface area contributed by atoms with Crippen molar-refractivity contribution >= 4 is 28.3 Å². The van der Waals surface area contributed by atoms with E-state index >= 15 is 0 Å². The van der Waals surface area contributed by atoms with Crippen LogP contribution in [-0.4, -0.2) is 10.8 Å². The minimum atomic E-state index is -0.0267. The second-order valence-corrected chi connectivity index (χ2v) is 5.03. The Hall–Kier alpha value is -2.19. The van der Waals surface area contributed by atoms with Crippen molar-refractivity contribution in [1.82, 2.24) is 4.98 Å². The summed E-state index contributed by atoms with van der Waals surface area (Å²) in [6, 6.07) is 15.5. The molecular formula is C17H12ClNO. The van der Waals surface area contributed by atoms with Crippen molar-refractivity contribution < 1.29 is 4.79 Å². The van der Waals surface area contributed by atoms with Gasteiger partial charge in [-0.3, -0.25) is 9.78 Å². The molecule has 0 N–H and O–H groups in total. The van der Waals surface area contributed by atoms with E-state index in [9.17, 15) is 4.79 Å². The zero-order valence-corrected chi connectivity index (χ0v) is 11.7. The van der Waals surface area contributed by atoms with Crippen molar-refractivity contribution in [2.75, 3.05) is 0 Å². The van der Waals surface area contributed by atoms with Gasteiger partial charge in [0, 0.05) is 17.1 Å². The van der Waals surface area contributed by atoms with E-state index < -0.39 is 0 Å². The van der Waals surface area contributed by atoms with Gasteiger partial charge in [0.2, 0.25) is 0 Å². The molecule has 1 aromatic heterocycles. The second-order valence-electron chi connectivity index (χ2n) is 4.63. The van der Waals surface area contributed by atoms with Crippen LogP contribution in [0.5, 0.6) is 0 Å². The number of rotatable bonds is 2. The van der Waals surface area contributed by atoms with Crippen LogP contribution in [0.2, 0.25) is 5.02 Å². The normalized spacial score (nSPS) is 10.7. The van der Waals surface area contributed by atoms with Crippen LogP contribution in [0.1, 0.15) is 17.3 Å². The number of benzene rings is 2. The highest BCUT2D eigenvalue weighted by Gasteiger charge is 2.09. The number of fused-ring (bicyclic) bond motifs is 1. The van der Waals surface area contributed by atoms with Gasteiger partial charge < -0.3 is 0 Å². The molecule has 0 radical (unpaired) electrons. The van der Waals surface area contributed by atoms with E-state index in [2.05, 4.69) is 4.98 Å². The lowest BCUT2D eigenvalue weighted by Gasteiger charge is -2.08. The quantitative estimate of drug-likeness (QED) is 0.634. The van der Waals surface area contributed by atoms with E-state index in [4.69, 9.17) is 11.6 Å². The first kappa shape index (κ1) is 12.8. The summed E-state index contributed by atoms with van der Waals surface area (Å²) in [5, 5.41) is 1.55. The van der Waals surface area contributed by atoms with Crippen LogP contribution < -0.4 is 0 Å². The highest BCUT2D eigenvalue weighted by molar-refractivity contribution is 6.34. The van der Waals surface area contributed by atoms with Crippen molar-refractivity contribution in [3.05, 3.63) is 65.3 Å². The molecule has 2 aromatic carbocycles. The average Bonchev–Trinajstić information content (AvgIpc) is 2.46. The maximum absolute atomic E-state index is 11.4. The van der Waals surface area contributed by atoms with Gasteiger partial charge in [-0.25, -0.2) is 0 Å². The molecule has 0 fully saturated rings. The van der Waals surface area contributed by atoms with Gasteiger partial charge in [0.25, 0.3) is 0 Å². The van der Waals surface area contributed by atoms with Crippen LogP contribution in [0, 0.1) is 0 Å². The van der Waals surface area contributed by atoms with Crippen LogP contribution >= 0.6 is 11.6 Å². The fourth-order valence-corrected chi connectivity index (χ4v) is 2.64. The van der Waals surface area contributed by atoms with E-state index in [0.717, 1.165) is 22.0 Å². The Morgan fingerprint density at radius 3 is 2.70 bits per heavy atom. The van der Waals surface area contributed by atoms with Crippen molar-refractivity contribution in [2.24, 2.45) is 0 Å². The fraction of sp³-hybridized carbons (Fsp3) is 0.0588. The lowest BCUT2D eigenvalue weighted by Crippen LogP contribution is -1.93. The summed E-state index contributed by atoms with van der Waals surface area (Å²) in [4.78, 5) is 15.8. The number of nitrogens with zero attached hydrogens (tertiary/aromatic N) is 1. The first-order chi connectivity index (χ1) is 9.66. The summed E-state index contributed by atoms with van der Waals surface area (Å²) in [6.45, 7) is 1.52.